The fourth-order valence-corrected chi connectivity index (χ4v) is 5.51. The Kier molecular flexibility index (Phi) is 8.62. The average molecular weight is 494 g/mol. The molecule has 7 nitrogen and oxygen atoms in total. The molecule has 1 amide bonds. The smallest absolute Gasteiger partial charge is 0.244 e. The Balaban J connectivity index is 1.73. The summed E-state index contributed by atoms with van der Waals surface area (Å²) in [6.07, 6.45) is 3.87. The van der Waals surface area contributed by atoms with Gasteiger partial charge in [0.1, 0.15) is 11.8 Å². The van der Waals surface area contributed by atoms with E-state index in [-0.39, 0.29) is 18.0 Å². The van der Waals surface area contributed by atoms with Crippen LogP contribution in [-0.2, 0) is 27.9 Å². The number of halogens is 1. The van der Waals surface area contributed by atoms with Crippen molar-refractivity contribution in [3.8, 4) is 5.75 Å². The van der Waals surface area contributed by atoms with E-state index in [9.17, 15) is 13.2 Å². The number of sulfonamides is 1. The number of nitrogens with zero attached hydrogens (tertiary/aromatic N) is 2. The Hall–Kier alpha value is -2.29. The lowest BCUT2D eigenvalue weighted by Gasteiger charge is -2.31. The molecule has 1 aliphatic rings. The lowest BCUT2D eigenvalue weighted by molar-refractivity contribution is -0.122. The molecule has 1 heterocycles. The van der Waals surface area contributed by atoms with Crippen molar-refractivity contribution < 1.29 is 17.9 Å². The number of benzene rings is 2. The van der Waals surface area contributed by atoms with E-state index in [1.165, 1.54) is 31.6 Å². The molecule has 1 saturated heterocycles. The van der Waals surface area contributed by atoms with Crippen LogP contribution < -0.4 is 14.4 Å². The molecule has 0 aromatic heterocycles. The Bertz CT molecular complexity index is 1050. The van der Waals surface area contributed by atoms with Crippen molar-refractivity contribution in [2.45, 2.75) is 45.3 Å². The van der Waals surface area contributed by atoms with Gasteiger partial charge in [-0.05, 0) is 61.7 Å². The normalized spacial score (nSPS) is 15.3. The lowest BCUT2D eigenvalue weighted by Crippen LogP contribution is -2.49. The number of rotatable bonds is 10. The van der Waals surface area contributed by atoms with Crippen LogP contribution >= 0.6 is 11.6 Å². The van der Waals surface area contributed by atoms with Crippen LogP contribution in [0.4, 0.5) is 5.69 Å². The van der Waals surface area contributed by atoms with Gasteiger partial charge in [0.25, 0.3) is 0 Å². The maximum Gasteiger partial charge on any atom is 0.244 e. The van der Waals surface area contributed by atoms with Crippen molar-refractivity contribution in [1.29, 1.82) is 0 Å². The molecule has 2 aromatic carbocycles. The Morgan fingerprint density at radius 1 is 1.15 bits per heavy atom. The summed E-state index contributed by atoms with van der Waals surface area (Å²) in [7, 11) is -2.35. The molecule has 0 spiro atoms. The van der Waals surface area contributed by atoms with Gasteiger partial charge in [0, 0.05) is 18.1 Å². The number of carbonyl (C=O) groups is 1. The summed E-state index contributed by atoms with van der Waals surface area (Å²) in [6, 6.07) is 11.9. The number of hydrogen-bond donors (Lipinski definition) is 1. The van der Waals surface area contributed by atoms with Crippen LogP contribution in [0.25, 0.3) is 0 Å². The van der Waals surface area contributed by atoms with E-state index in [4.69, 9.17) is 16.3 Å². The zero-order valence-electron chi connectivity index (χ0n) is 19.4. The van der Waals surface area contributed by atoms with Gasteiger partial charge in [0.15, 0.2) is 0 Å². The molecule has 1 N–H and O–H groups in total. The molecule has 1 atom stereocenters. The second kappa shape index (κ2) is 11.2. The summed E-state index contributed by atoms with van der Waals surface area (Å²) >= 11 is 6.12. The second-order valence-electron chi connectivity index (χ2n) is 8.32. The van der Waals surface area contributed by atoms with Gasteiger partial charge in [-0.25, -0.2) is 8.42 Å². The van der Waals surface area contributed by atoms with E-state index < -0.39 is 16.1 Å². The van der Waals surface area contributed by atoms with Crippen molar-refractivity contribution >= 4 is 33.2 Å². The van der Waals surface area contributed by atoms with Crippen LogP contribution in [0.1, 0.15) is 37.3 Å². The molecule has 3 rings (SSSR count). The van der Waals surface area contributed by atoms with Gasteiger partial charge < -0.3 is 10.1 Å². The van der Waals surface area contributed by atoms with E-state index in [2.05, 4.69) is 22.3 Å². The van der Waals surface area contributed by atoms with Gasteiger partial charge in [-0.3, -0.25) is 14.0 Å². The van der Waals surface area contributed by atoms with Crippen LogP contribution in [0, 0.1) is 0 Å². The van der Waals surface area contributed by atoms with E-state index >= 15 is 0 Å². The van der Waals surface area contributed by atoms with Gasteiger partial charge >= 0.3 is 0 Å². The predicted octanol–water partition coefficient (Wildman–Crippen LogP) is 3.81. The first-order valence-electron chi connectivity index (χ1n) is 11.1. The van der Waals surface area contributed by atoms with Gasteiger partial charge in [-0.1, -0.05) is 42.8 Å². The van der Waals surface area contributed by atoms with Crippen molar-refractivity contribution in [3.63, 3.8) is 0 Å². The SMILES string of the molecule is CC[C@H](C(=O)NCc1ccc(CN2CCCC2)cc1)N(c1cc(Cl)ccc1OC)S(C)(=O)=O. The molecule has 1 aliphatic heterocycles. The van der Waals surface area contributed by atoms with Crippen molar-refractivity contribution in [1.82, 2.24) is 10.2 Å². The zero-order chi connectivity index (χ0) is 24.0. The van der Waals surface area contributed by atoms with Gasteiger partial charge in [-0.2, -0.15) is 0 Å². The minimum absolute atomic E-state index is 0.237. The maximum absolute atomic E-state index is 13.1. The van der Waals surface area contributed by atoms with Crippen molar-refractivity contribution in [2.24, 2.45) is 0 Å². The lowest BCUT2D eigenvalue weighted by atomic mass is 10.1. The number of anilines is 1. The molecule has 0 aliphatic carbocycles. The fraction of sp³-hybridized carbons (Fsp3) is 0.458. The van der Waals surface area contributed by atoms with Gasteiger partial charge in [0.2, 0.25) is 15.9 Å². The molecule has 0 bridgehead atoms. The van der Waals surface area contributed by atoms with Crippen LogP contribution in [0.3, 0.4) is 0 Å². The summed E-state index contributed by atoms with van der Waals surface area (Å²) < 4.78 is 31.9. The third kappa shape index (κ3) is 6.62. The number of likely N-dealkylation sites (tertiary alicyclic amines) is 1. The zero-order valence-corrected chi connectivity index (χ0v) is 21.0. The number of methoxy groups -OCH3 is 1. The largest absolute Gasteiger partial charge is 0.495 e. The molecule has 0 saturated carbocycles. The molecule has 0 unspecified atom stereocenters. The summed E-state index contributed by atoms with van der Waals surface area (Å²) in [6.45, 7) is 5.31. The Labute approximate surface area is 201 Å². The number of amides is 1. The van der Waals surface area contributed by atoms with E-state index in [0.29, 0.717) is 17.3 Å². The Morgan fingerprint density at radius 2 is 1.79 bits per heavy atom. The first kappa shape index (κ1) is 25.3. The standard InChI is InChI=1S/C24H32ClN3O4S/c1-4-21(28(33(3,30)31)22-15-20(25)11-12-23(22)32-2)24(29)26-16-18-7-9-19(10-8-18)17-27-13-5-6-14-27/h7-12,15,21H,4-6,13-14,16-17H2,1-3H3,(H,26,29)/t21-/m1/s1. The molecule has 0 radical (unpaired) electrons. The highest BCUT2D eigenvalue weighted by atomic mass is 35.5. The first-order chi connectivity index (χ1) is 15.7. The summed E-state index contributed by atoms with van der Waals surface area (Å²) in [5.41, 5.74) is 2.44. The minimum atomic E-state index is -3.79. The van der Waals surface area contributed by atoms with E-state index in [1.54, 1.807) is 19.1 Å². The second-order valence-corrected chi connectivity index (χ2v) is 10.6. The molecule has 9 heteroatoms. The highest BCUT2D eigenvalue weighted by Gasteiger charge is 2.33. The molecule has 33 heavy (non-hydrogen) atoms. The number of ether oxygens (including phenoxy) is 1. The predicted molar refractivity (Wildman–Crippen MR) is 132 cm³/mol. The first-order valence-corrected chi connectivity index (χ1v) is 13.4. The number of nitrogens with one attached hydrogen (secondary N) is 1. The van der Waals surface area contributed by atoms with Gasteiger partial charge in [-0.15, -0.1) is 0 Å². The quantitative estimate of drug-likeness (QED) is 0.544. The van der Waals surface area contributed by atoms with Crippen LogP contribution in [0.2, 0.25) is 5.02 Å². The molecule has 2 aromatic rings. The van der Waals surface area contributed by atoms with Crippen molar-refractivity contribution in [2.75, 3.05) is 30.8 Å². The van der Waals surface area contributed by atoms with Crippen LogP contribution in [-0.4, -0.2) is 51.7 Å². The average Bonchev–Trinajstić information content (AvgIpc) is 3.29. The third-order valence-electron chi connectivity index (χ3n) is 5.80. The Morgan fingerprint density at radius 3 is 2.36 bits per heavy atom. The van der Waals surface area contributed by atoms with Crippen molar-refractivity contribution in [3.05, 3.63) is 58.6 Å². The maximum atomic E-state index is 13.1. The monoisotopic (exact) mass is 493 g/mol. The minimum Gasteiger partial charge on any atom is -0.495 e. The highest BCUT2D eigenvalue weighted by Crippen LogP contribution is 2.34. The topological polar surface area (TPSA) is 79.0 Å². The molecule has 1 fully saturated rings. The summed E-state index contributed by atoms with van der Waals surface area (Å²) in [4.78, 5) is 15.5. The van der Waals surface area contributed by atoms with Gasteiger partial charge in [0.05, 0.1) is 19.1 Å². The summed E-state index contributed by atoms with van der Waals surface area (Å²) in [5.74, 6) is -0.0595. The number of hydrogen-bond acceptors (Lipinski definition) is 5. The highest BCUT2D eigenvalue weighted by molar-refractivity contribution is 7.92. The molecular formula is C24H32ClN3O4S. The van der Waals surface area contributed by atoms with Crippen LogP contribution in [0.5, 0.6) is 5.75 Å². The third-order valence-corrected chi connectivity index (χ3v) is 7.20. The molecule has 180 valence electrons. The fourth-order valence-electron chi connectivity index (χ4n) is 4.14. The van der Waals surface area contributed by atoms with Crippen LogP contribution in [0.15, 0.2) is 42.5 Å². The summed E-state index contributed by atoms with van der Waals surface area (Å²) in [5, 5.41) is 3.24. The number of carbonyl (C=O) groups excluding carboxylic acids is 1. The molecular weight excluding hydrogens is 462 g/mol. The van der Waals surface area contributed by atoms with E-state index in [0.717, 1.165) is 35.8 Å². The van der Waals surface area contributed by atoms with E-state index in [1.807, 2.05) is 12.1 Å².